The summed E-state index contributed by atoms with van der Waals surface area (Å²) in [5.41, 5.74) is 7.89. The number of sulfonamides is 1. The quantitative estimate of drug-likeness (QED) is 0.843. The van der Waals surface area contributed by atoms with E-state index in [1.54, 1.807) is 19.1 Å². The molecule has 7 heteroatoms. The van der Waals surface area contributed by atoms with E-state index >= 15 is 0 Å². The van der Waals surface area contributed by atoms with Gasteiger partial charge in [-0.05, 0) is 37.0 Å². The van der Waals surface area contributed by atoms with Gasteiger partial charge < -0.3 is 11.1 Å². The Bertz CT molecular complexity index is 656. The molecule has 0 unspecified atom stereocenters. The first-order valence-corrected chi connectivity index (χ1v) is 8.46. The molecule has 0 bridgehead atoms. The van der Waals surface area contributed by atoms with Gasteiger partial charge in [0.05, 0.1) is 11.4 Å². The Morgan fingerprint density at radius 3 is 2.76 bits per heavy atom. The summed E-state index contributed by atoms with van der Waals surface area (Å²) < 4.78 is 26.7. The zero-order valence-electron chi connectivity index (χ0n) is 12.3. The molecule has 0 spiro atoms. The summed E-state index contributed by atoms with van der Waals surface area (Å²) in [5, 5.41) is 3.27. The number of aryl methyl sites for hydroxylation is 1. The highest BCUT2D eigenvalue weighted by Crippen LogP contribution is 2.32. The summed E-state index contributed by atoms with van der Waals surface area (Å²) in [7, 11) is -3.71. The first-order valence-electron chi connectivity index (χ1n) is 7.02. The van der Waals surface area contributed by atoms with E-state index in [1.165, 1.54) is 0 Å². The number of hydrogen-bond donors (Lipinski definition) is 2. The lowest BCUT2D eigenvalue weighted by atomic mass is 10.00. The largest absolute Gasteiger partial charge is 0.385 e. The molecule has 0 aliphatic carbocycles. The van der Waals surface area contributed by atoms with Crippen molar-refractivity contribution in [1.29, 1.82) is 0 Å². The van der Waals surface area contributed by atoms with Crippen LogP contribution in [0.15, 0.2) is 17.0 Å². The number of nitrogens with one attached hydrogen (secondary N) is 1. The van der Waals surface area contributed by atoms with Gasteiger partial charge in [-0.2, -0.15) is 4.31 Å². The van der Waals surface area contributed by atoms with Crippen LogP contribution >= 0.6 is 0 Å². The van der Waals surface area contributed by atoms with Crippen molar-refractivity contribution >= 4 is 21.6 Å². The van der Waals surface area contributed by atoms with Crippen LogP contribution < -0.4 is 11.1 Å². The van der Waals surface area contributed by atoms with E-state index in [2.05, 4.69) is 5.32 Å². The fraction of sp³-hybridized carbons (Fsp3) is 0.500. The molecule has 0 radical (unpaired) electrons. The van der Waals surface area contributed by atoms with Gasteiger partial charge in [0.25, 0.3) is 0 Å². The number of benzene rings is 1. The molecular weight excluding hydrogens is 290 g/mol. The smallest absolute Gasteiger partial charge is 0.243 e. The van der Waals surface area contributed by atoms with E-state index in [-0.39, 0.29) is 18.0 Å². The van der Waals surface area contributed by atoms with Crippen LogP contribution in [0.3, 0.4) is 0 Å². The number of amides is 1. The SMILES string of the molecule is CCN(CC(N)=O)S(=O)(=O)c1ccc(C)c2c1CCCN2. The summed E-state index contributed by atoms with van der Waals surface area (Å²) in [6.45, 7) is 4.40. The van der Waals surface area contributed by atoms with Gasteiger partial charge in [0, 0.05) is 18.8 Å². The van der Waals surface area contributed by atoms with E-state index in [1.807, 2.05) is 6.92 Å². The van der Waals surface area contributed by atoms with E-state index in [9.17, 15) is 13.2 Å². The average Bonchev–Trinajstić information content (AvgIpc) is 2.44. The molecule has 116 valence electrons. The molecule has 1 amide bonds. The van der Waals surface area contributed by atoms with Crippen LogP contribution in [0, 0.1) is 6.92 Å². The number of hydrogen-bond acceptors (Lipinski definition) is 4. The number of anilines is 1. The van der Waals surface area contributed by atoms with Crippen molar-refractivity contribution in [3.05, 3.63) is 23.3 Å². The highest BCUT2D eigenvalue weighted by Gasteiger charge is 2.29. The van der Waals surface area contributed by atoms with E-state index < -0.39 is 15.9 Å². The summed E-state index contributed by atoms with van der Waals surface area (Å²) in [6, 6.07) is 3.42. The van der Waals surface area contributed by atoms with Gasteiger partial charge >= 0.3 is 0 Å². The van der Waals surface area contributed by atoms with Crippen LogP contribution in [0.2, 0.25) is 0 Å². The Hall–Kier alpha value is -1.60. The third-order valence-corrected chi connectivity index (χ3v) is 5.69. The van der Waals surface area contributed by atoms with Crippen LogP contribution in [0.1, 0.15) is 24.5 Å². The zero-order chi connectivity index (χ0) is 15.6. The molecule has 1 heterocycles. The standard InChI is InChI=1S/C14H21N3O3S/c1-3-17(9-13(15)18)21(19,20)12-7-6-10(2)14-11(12)5-4-8-16-14/h6-7,16H,3-5,8-9H2,1-2H3,(H2,15,18). The lowest BCUT2D eigenvalue weighted by Crippen LogP contribution is -2.38. The third-order valence-electron chi connectivity index (χ3n) is 3.69. The fourth-order valence-corrected chi connectivity index (χ4v) is 4.31. The molecule has 0 saturated carbocycles. The monoisotopic (exact) mass is 311 g/mol. The maximum atomic E-state index is 12.8. The molecule has 0 fully saturated rings. The normalized spacial score (nSPS) is 14.6. The summed E-state index contributed by atoms with van der Waals surface area (Å²) >= 11 is 0. The fourth-order valence-electron chi connectivity index (χ4n) is 2.64. The van der Waals surface area contributed by atoms with Crippen LogP contribution in [0.4, 0.5) is 5.69 Å². The Labute approximate surface area is 125 Å². The molecule has 1 aliphatic heterocycles. The van der Waals surface area contributed by atoms with Gasteiger partial charge in [-0.1, -0.05) is 13.0 Å². The highest BCUT2D eigenvalue weighted by atomic mass is 32.2. The van der Waals surface area contributed by atoms with Crippen LogP contribution in [-0.4, -0.2) is 38.3 Å². The number of primary amides is 1. The maximum Gasteiger partial charge on any atom is 0.243 e. The predicted molar refractivity (Wildman–Crippen MR) is 81.6 cm³/mol. The van der Waals surface area contributed by atoms with Crippen LogP contribution in [0.5, 0.6) is 0 Å². The second-order valence-corrected chi connectivity index (χ2v) is 7.07. The lowest BCUT2D eigenvalue weighted by molar-refractivity contribution is -0.118. The molecule has 6 nitrogen and oxygen atoms in total. The molecule has 21 heavy (non-hydrogen) atoms. The first kappa shape index (κ1) is 15.8. The molecule has 3 N–H and O–H groups in total. The van der Waals surface area contributed by atoms with Gasteiger partial charge in [0.1, 0.15) is 0 Å². The third kappa shape index (κ3) is 3.03. The van der Waals surface area contributed by atoms with Gasteiger partial charge in [-0.15, -0.1) is 0 Å². The average molecular weight is 311 g/mol. The van der Waals surface area contributed by atoms with Crippen molar-refractivity contribution in [2.75, 3.05) is 25.0 Å². The van der Waals surface area contributed by atoms with Gasteiger partial charge in [0.2, 0.25) is 15.9 Å². The minimum Gasteiger partial charge on any atom is -0.385 e. The molecule has 2 rings (SSSR count). The summed E-state index contributed by atoms with van der Waals surface area (Å²) in [5.74, 6) is -0.653. The molecule has 0 aromatic heterocycles. The number of fused-ring (bicyclic) bond motifs is 1. The van der Waals surface area contributed by atoms with Crippen molar-refractivity contribution in [2.45, 2.75) is 31.6 Å². The number of likely N-dealkylation sites (N-methyl/N-ethyl adjacent to an activating group) is 1. The van der Waals surface area contributed by atoms with Crippen LogP contribution in [-0.2, 0) is 21.2 Å². The second kappa shape index (κ2) is 6.03. The Balaban J connectivity index is 2.52. The van der Waals surface area contributed by atoms with Crippen LogP contribution in [0.25, 0.3) is 0 Å². The minimum atomic E-state index is -3.71. The summed E-state index contributed by atoms with van der Waals surface area (Å²) in [4.78, 5) is 11.4. The molecule has 1 aromatic rings. The number of nitrogens with two attached hydrogens (primary N) is 1. The molecular formula is C14H21N3O3S. The van der Waals surface area contributed by atoms with Crippen molar-refractivity contribution in [3.63, 3.8) is 0 Å². The van der Waals surface area contributed by atoms with Crippen molar-refractivity contribution in [1.82, 2.24) is 4.31 Å². The minimum absolute atomic E-state index is 0.210. The maximum absolute atomic E-state index is 12.8. The first-order chi connectivity index (χ1) is 9.87. The van der Waals surface area contributed by atoms with Gasteiger partial charge in [-0.25, -0.2) is 8.42 Å². The number of rotatable bonds is 5. The predicted octanol–water partition coefficient (Wildman–Crippen LogP) is 0.849. The summed E-state index contributed by atoms with van der Waals surface area (Å²) in [6.07, 6.45) is 1.60. The van der Waals surface area contributed by atoms with E-state index in [0.29, 0.717) is 6.42 Å². The van der Waals surface area contributed by atoms with E-state index in [0.717, 1.165) is 34.1 Å². The number of carbonyl (C=O) groups is 1. The highest BCUT2D eigenvalue weighted by molar-refractivity contribution is 7.89. The van der Waals surface area contributed by atoms with E-state index in [4.69, 9.17) is 5.73 Å². The Morgan fingerprint density at radius 1 is 1.43 bits per heavy atom. The number of carbonyl (C=O) groups excluding carboxylic acids is 1. The Morgan fingerprint density at radius 2 is 2.14 bits per heavy atom. The van der Waals surface area contributed by atoms with Gasteiger partial charge in [-0.3, -0.25) is 4.79 Å². The molecule has 1 aromatic carbocycles. The van der Waals surface area contributed by atoms with Crippen molar-refractivity contribution < 1.29 is 13.2 Å². The molecule has 0 saturated heterocycles. The lowest BCUT2D eigenvalue weighted by Gasteiger charge is -2.26. The zero-order valence-corrected chi connectivity index (χ0v) is 13.2. The molecule has 0 atom stereocenters. The molecule has 1 aliphatic rings. The van der Waals surface area contributed by atoms with Crippen molar-refractivity contribution in [2.24, 2.45) is 5.73 Å². The van der Waals surface area contributed by atoms with Gasteiger partial charge in [0.15, 0.2) is 0 Å². The second-order valence-electron chi connectivity index (χ2n) is 5.16. The number of nitrogens with zero attached hydrogens (tertiary/aromatic N) is 1. The topological polar surface area (TPSA) is 92.5 Å². The Kier molecular flexibility index (Phi) is 4.53. The van der Waals surface area contributed by atoms with Crippen molar-refractivity contribution in [3.8, 4) is 0 Å².